The van der Waals surface area contributed by atoms with Crippen LogP contribution >= 0.6 is 23.4 Å². The molecule has 10 atom stereocenters. The Labute approximate surface area is 369 Å². The van der Waals surface area contributed by atoms with Gasteiger partial charge in [-0.2, -0.15) is 0 Å². The first-order chi connectivity index (χ1) is 29.6. The molecule has 3 aliphatic heterocycles. The zero-order valence-corrected chi connectivity index (χ0v) is 37.6. The van der Waals surface area contributed by atoms with Crippen molar-refractivity contribution in [2.45, 2.75) is 125 Å². The third kappa shape index (κ3) is 10.6. The number of hydrogen-bond acceptors (Lipinski definition) is 15. The number of ether oxygens (including phenoxy) is 5. The van der Waals surface area contributed by atoms with Crippen LogP contribution in [0.15, 0.2) is 23.1 Å². The van der Waals surface area contributed by atoms with Gasteiger partial charge >= 0.3 is 18.0 Å². The van der Waals surface area contributed by atoms with Crippen molar-refractivity contribution in [2.75, 3.05) is 58.3 Å². The van der Waals surface area contributed by atoms with Gasteiger partial charge in [0.1, 0.15) is 29.4 Å². The number of anilines is 1. The third-order valence-corrected chi connectivity index (χ3v) is 13.3. The van der Waals surface area contributed by atoms with E-state index in [0.29, 0.717) is 17.9 Å². The van der Waals surface area contributed by atoms with E-state index in [1.807, 2.05) is 16.5 Å². The number of piperazine rings is 1. The van der Waals surface area contributed by atoms with Gasteiger partial charge in [0.25, 0.3) is 0 Å². The summed E-state index contributed by atoms with van der Waals surface area (Å²) in [5.74, 6) is -1.96. The second kappa shape index (κ2) is 20.7. The van der Waals surface area contributed by atoms with Crippen LogP contribution in [0.2, 0.25) is 0 Å². The van der Waals surface area contributed by atoms with Gasteiger partial charge in [-0.25, -0.2) is 9.18 Å². The maximum Gasteiger partial charge on any atom is 0.413 e. The standard InChI is InChI=1S/C42H59ClFN5O12S/c1-7-8-24-17-28(46(4)20-24)40(55)45-32(23(3)43)37-35(53)36(54)39(41(61-37)62-6)60-31(52)12-11-30(51)58-21-59-42(56)48-16-15-47(19-22(48)2)34-27(44)18-26-29(50)13-14-49(25-9-10-25)33(26)38(34)57-5/h13-14,18,22-25,28,32,35-37,39,41,53-54H,7-12,15-17,19-21H2,1-6H3,(H,45,55)/t22?,23?,24?,28?,32-,35-,36+,37-,39-,41-/m1/s1. The quantitative estimate of drug-likeness (QED) is 0.126. The molecule has 1 aromatic heterocycles. The Bertz CT molecular complexity index is 2010. The first-order valence-electron chi connectivity index (χ1n) is 21.2. The van der Waals surface area contributed by atoms with E-state index in [2.05, 4.69) is 12.2 Å². The number of thioether (sulfide) groups is 1. The molecule has 2 amide bonds. The first kappa shape index (κ1) is 47.6. The average Bonchev–Trinajstić information content (AvgIpc) is 4.01. The lowest BCUT2D eigenvalue weighted by Crippen LogP contribution is -2.65. The van der Waals surface area contributed by atoms with E-state index in [-0.39, 0.29) is 59.9 Å². The van der Waals surface area contributed by atoms with E-state index in [1.54, 1.807) is 31.2 Å². The molecule has 344 valence electrons. The van der Waals surface area contributed by atoms with Crippen LogP contribution in [0.25, 0.3) is 10.9 Å². The molecule has 4 fully saturated rings. The molecule has 1 saturated carbocycles. The number of aromatic nitrogens is 1. The number of hydrogen-bond donors (Lipinski definition) is 3. The number of nitrogens with zero attached hydrogens (tertiary/aromatic N) is 4. The molecule has 1 aliphatic carbocycles. The molecule has 20 heteroatoms. The Morgan fingerprint density at radius 3 is 2.47 bits per heavy atom. The number of benzene rings is 1. The monoisotopic (exact) mass is 911 g/mol. The van der Waals surface area contributed by atoms with Crippen molar-refractivity contribution in [3.63, 3.8) is 0 Å². The number of esters is 2. The Morgan fingerprint density at radius 2 is 1.82 bits per heavy atom. The number of pyridine rings is 1. The molecule has 3 N–H and O–H groups in total. The van der Waals surface area contributed by atoms with Crippen molar-refractivity contribution in [2.24, 2.45) is 5.92 Å². The molecular weight excluding hydrogens is 853 g/mol. The highest BCUT2D eigenvalue weighted by Gasteiger charge is 2.51. The van der Waals surface area contributed by atoms with Crippen molar-refractivity contribution >= 4 is 63.9 Å². The largest absolute Gasteiger partial charge is 0.492 e. The Hall–Kier alpha value is -3.88. The normalized spacial score (nSPS) is 27.7. The number of halogens is 2. The molecule has 0 radical (unpaired) electrons. The predicted octanol–water partition coefficient (Wildman–Crippen LogP) is 3.37. The smallest absolute Gasteiger partial charge is 0.413 e. The van der Waals surface area contributed by atoms with Crippen LogP contribution in [0.3, 0.4) is 0 Å². The van der Waals surface area contributed by atoms with Crippen molar-refractivity contribution in [3.8, 4) is 5.75 Å². The van der Waals surface area contributed by atoms with E-state index in [9.17, 15) is 34.2 Å². The summed E-state index contributed by atoms with van der Waals surface area (Å²) in [5.41, 5.74) is -0.526. The Kier molecular flexibility index (Phi) is 15.9. The lowest BCUT2D eigenvalue weighted by molar-refractivity contribution is -0.219. The second-order valence-electron chi connectivity index (χ2n) is 16.7. The molecule has 0 spiro atoms. The number of likely N-dealkylation sites (N-methyl/N-ethyl adjacent to an activating group) is 1. The zero-order valence-electron chi connectivity index (χ0n) is 36.0. The molecule has 1 aromatic carbocycles. The number of nitrogens with one attached hydrogen (secondary N) is 1. The van der Waals surface area contributed by atoms with Crippen LogP contribution < -0.4 is 20.4 Å². The van der Waals surface area contributed by atoms with Crippen LogP contribution in [0.5, 0.6) is 5.75 Å². The summed E-state index contributed by atoms with van der Waals surface area (Å²) in [6.07, 6.45) is 0.697. The molecule has 4 unspecified atom stereocenters. The summed E-state index contributed by atoms with van der Waals surface area (Å²) in [6.45, 7) is 6.17. The van der Waals surface area contributed by atoms with Crippen molar-refractivity contribution in [1.29, 1.82) is 0 Å². The van der Waals surface area contributed by atoms with E-state index in [0.717, 1.165) is 44.0 Å². The molecule has 4 heterocycles. The topological polar surface area (TPSA) is 199 Å². The number of alkyl halides is 1. The van der Waals surface area contributed by atoms with Crippen LogP contribution in [-0.2, 0) is 33.3 Å². The molecule has 2 aromatic rings. The number of carbonyl (C=O) groups excluding carboxylic acids is 4. The van der Waals surface area contributed by atoms with E-state index >= 15 is 4.39 Å². The fraction of sp³-hybridized carbons (Fsp3) is 0.690. The molecule has 3 saturated heterocycles. The Balaban J connectivity index is 0.956. The van der Waals surface area contributed by atoms with Gasteiger partial charge in [-0.3, -0.25) is 24.1 Å². The lowest BCUT2D eigenvalue weighted by atomic mass is 9.92. The minimum atomic E-state index is -1.61. The molecule has 17 nitrogen and oxygen atoms in total. The molecule has 4 aliphatic rings. The van der Waals surface area contributed by atoms with E-state index in [4.69, 9.17) is 35.3 Å². The van der Waals surface area contributed by atoms with E-state index < -0.39 is 90.8 Å². The minimum Gasteiger partial charge on any atom is -0.492 e. The highest BCUT2D eigenvalue weighted by atomic mass is 35.5. The highest BCUT2D eigenvalue weighted by molar-refractivity contribution is 7.99. The van der Waals surface area contributed by atoms with Crippen molar-refractivity contribution < 1.29 is 57.5 Å². The summed E-state index contributed by atoms with van der Waals surface area (Å²) >= 11 is 7.64. The summed E-state index contributed by atoms with van der Waals surface area (Å²) in [6, 6.07) is 1.16. The van der Waals surface area contributed by atoms with Gasteiger partial charge in [-0.15, -0.1) is 23.4 Å². The van der Waals surface area contributed by atoms with Gasteiger partial charge in [0, 0.05) is 50.5 Å². The average molecular weight is 912 g/mol. The van der Waals surface area contributed by atoms with Crippen molar-refractivity contribution in [3.05, 3.63) is 34.4 Å². The van der Waals surface area contributed by atoms with Crippen LogP contribution in [0.1, 0.15) is 71.8 Å². The van der Waals surface area contributed by atoms with Crippen LogP contribution in [0, 0.1) is 11.7 Å². The SMILES string of the molecule is CCCC1CC(C(=O)N[C@H](C(C)Cl)[C@H]2O[C@H](SC)[C@H](OC(=O)CCC(=O)OCOC(=O)N3CCN(c4c(F)cc5c(=O)ccn(C6CC6)c5c4OC)CC3C)[C@@H](O)[C@H]2O)N(C)C1. The highest BCUT2D eigenvalue weighted by Crippen LogP contribution is 2.44. The van der Waals surface area contributed by atoms with Gasteiger partial charge in [-0.05, 0) is 64.8 Å². The van der Waals surface area contributed by atoms with Crippen LogP contribution in [-0.4, -0.2) is 155 Å². The minimum absolute atomic E-state index is 0.144. The number of rotatable bonds is 16. The predicted molar refractivity (Wildman–Crippen MR) is 229 cm³/mol. The van der Waals surface area contributed by atoms with Gasteiger partial charge < -0.3 is 53.6 Å². The zero-order chi connectivity index (χ0) is 45.0. The summed E-state index contributed by atoms with van der Waals surface area (Å²) in [7, 11) is 3.33. The van der Waals surface area contributed by atoms with Gasteiger partial charge in [0.2, 0.25) is 12.7 Å². The number of carbonyl (C=O) groups is 4. The van der Waals surface area contributed by atoms with Crippen LogP contribution in [0.4, 0.5) is 14.9 Å². The third-order valence-electron chi connectivity index (χ3n) is 12.2. The molecular formula is C42H59ClFN5O12S. The Morgan fingerprint density at radius 1 is 1.10 bits per heavy atom. The molecule has 62 heavy (non-hydrogen) atoms. The van der Waals surface area contributed by atoms with Crippen molar-refractivity contribution in [1.82, 2.24) is 19.7 Å². The van der Waals surface area contributed by atoms with Gasteiger partial charge in [0.05, 0.1) is 48.3 Å². The fourth-order valence-corrected chi connectivity index (χ4v) is 9.81. The number of fused-ring (bicyclic) bond motifs is 1. The number of methoxy groups -OCH3 is 1. The first-order valence-corrected chi connectivity index (χ1v) is 22.9. The van der Waals surface area contributed by atoms with E-state index in [1.165, 1.54) is 24.1 Å². The number of aliphatic hydroxyl groups is 2. The summed E-state index contributed by atoms with van der Waals surface area (Å²) in [5, 5.41) is 24.8. The van der Waals surface area contributed by atoms with Gasteiger partial charge in [0.15, 0.2) is 23.1 Å². The summed E-state index contributed by atoms with van der Waals surface area (Å²) < 4.78 is 45.2. The van der Waals surface area contributed by atoms with Gasteiger partial charge in [-0.1, -0.05) is 13.3 Å². The second-order valence-corrected chi connectivity index (χ2v) is 18.3. The molecule has 0 bridgehead atoms. The fourth-order valence-electron chi connectivity index (χ4n) is 8.88. The maximum atomic E-state index is 15.7. The summed E-state index contributed by atoms with van der Waals surface area (Å²) in [4.78, 5) is 69.7. The maximum absolute atomic E-state index is 15.7. The number of aliphatic hydroxyl groups excluding tert-OH is 2. The lowest BCUT2D eigenvalue weighted by Gasteiger charge is -2.45. The number of amides is 2. The molecule has 6 rings (SSSR count). The number of likely N-dealkylation sites (tertiary alicyclic amines) is 1.